The monoisotopic (exact) mass is 462 g/mol. The summed E-state index contributed by atoms with van der Waals surface area (Å²) in [6.07, 6.45) is 0.671. The Morgan fingerprint density at radius 1 is 1.09 bits per heavy atom. The molecule has 2 N–H and O–H groups in total. The van der Waals surface area contributed by atoms with Crippen molar-refractivity contribution in [2.45, 2.75) is 32.4 Å². The summed E-state index contributed by atoms with van der Waals surface area (Å²) in [5.41, 5.74) is 1.43. The zero-order valence-corrected chi connectivity index (χ0v) is 19.8. The van der Waals surface area contributed by atoms with Crippen LogP contribution in [0.3, 0.4) is 0 Å². The van der Waals surface area contributed by atoms with Crippen LogP contribution in [0.4, 0.5) is 0 Å². The highest BCUT2D eigenvalue weighted by atomic mass is 16.5. The second-order valence-electron chi connectivity index (χ2n) is 8.67. The third-order valence-electron chi connectivity index (χ3n) is 6.41. The Balaban J connectivity index is 1.33. The van der Waals surface area contributed by atoms with E-state index in [4.69, 9.17) is 4.74 Å². The number of nitrogens with zero attached hydrogens (tertiary/aromatic N) is 2. The molecule has 2 heterocycles. The van der Waals surface area contributed by atoms with Crippen molar-refractivity contribution < 1.29 is 19.1 Å². The van der Waals surface area contributed by atoms with Gasteiger partial charge in [-0.05, 0) is 50.1 Å². The number of ether oxygens (including phenoxy) is 1. The lowest BCUT2D eigenvalue weighted by Gasteiger charge is -2.41. The summed E-state index contributed by atoms with van der Waals surface area (Å²) in [6.45, 7) is 4.89. The molecule has 0 unspecified atom stereocenters. The van der Waals surface area contributed by atoms with Gasteiger partial charge in [0, 0.05) is 24.5 Å². The number of benzene rings is 2. The Hall–Kier alpha value is -3.81. The number of hydrogen-bond donors (Lipinski definition) is 2. The Bertz CT molecular complexity index is 1220. The van der Waals surface area contributed by atoms with Crippen LogP contribution in [0.5, 0.6) is 5.75 Å². The van der Waals surface area contributed by atoms with Gasteiger partial charge in [0.05, 0.1) is 19.7 Å². The van der Waals surface area contributed by atoms with Crippen molar-refractivity contribution in [2.24, 2.45) is 0 Å². The molecule has 1 aliphatic rings. The smallest absolute Gasteiger partial charge is 0.271 e. The maximum Gasteiger partial charge on any atom is 0.271 e. The van der Waals surface area contributed by atoms with Gasteiger partial charge < -0.3 is 24.8 Å². The Kier molecular flexibility index (Phi) is 6.58. The van der Waals surface area contributed by atoms with E-state index in [-0.39, 0.29) is 24.3 Å². The lowest BCUT2D eigenvalue weighted by Crippen LogP contribution is -2.63. The van der Waals surface area contributed by atoms with Crippen molar-refractivity contribution in [2.75, 3.05) is 26.7 Å². The number of amides is 3. The fourth-order valence-corrected chi connectivity index (χ4v) is 4.27. The molecule has 0 saturated carbocycles. The number of carbonyl (C=O) groups is 3. The quantitative estimate of drug-likeness (QED) is 0.538. The van der Waals surface area contributed by atoms with Crippen LogP contribution in [-0.2, 0) is 22.6 Å². The van der Waals surface area contributed by atoms with Crippen LogP contribution in [0.25, 0.3) is 10.9 Å². The van der Waals surface area contributed by atoms with Crippen LogP contribution in [0.15, 0.2) is 54.6 Å². The van der Waals surface area contributed by atoms with Crippen molar-refractivity contribution in [3.05, 3.63) is 65.9 Å². The molecular formula is C26H30N4O4. The zero-order valence-electron chi connectivity index (χ0n) is 19.8. The van der Waals surface area contributed by atoms with Crippen LogP contribution in [0.1, 0.15) is 29.9 Å². The molecule has 1 aromatic heterocycles. The minimum absolute atomic E-state index is 0.154. The van der Waals surface area contributed by atoms with E-state index in [2.05, 4.69) is 10.6 Å². The molecule has 4 rings (SSSR count). The molecule has 0 aliphatic carbocycles. The van der Waals surface area contributed by atoms with E-state index in [9.17, 15) is 14.4 Å². The molecule has 0 radical (unpaired) electrons. The molecule has 1 aliphatic heterocycles. The topological polar surface area (TPSA) is 92.7 Å². The van der Waals surface area contributed by atoms with Crippen molar-refractivity contribution >= 4 is 28.6 Å². The number of hydrogen-bond acceptors (Lipinski definition) is 4. The molecule has 0 fully saturated rings. The molecule has 0 spiro atoms. The van der Waals surface area contributed by atoms with Gasteiger partial charge in [-0.1, -0.05) is 30.3 Å². The maximum absolute atomic E-state index is 13.1. The summed E-state index contributed by atoms with van der Waals surface area (Å²) >= 11 is 0. The largest absolute Gasteiger partial charge is 0.494 e. The zero-order chi connectivity index (χ0) is 24.3. The van der Waals surface area contributed by atoms with Gasteiger partial charge in [0.2, 0.25) is 11.8 Å². The lowest BCUT2D eigenvalue weighted by atomic mass is 9.95. The van der Waals surface area contributed by atoms with Gasteiger partial charge >= 0.3 is 0 Å². The first-order valence-electron chi connectivity index (χ1n) is 11.5. The summed E-state index contributed by atoms with van der Waals surface area (Å²) < 4.78 is 7.31. The predicted octanol–water partition coefficient (Wildman–Crippen LogP) is 2.36. The summed E-state index contributed by atoms with van der Waals surface area (Å²) in [5, 5.41) is 6.49. The van der Waals surface area contributed by atoms with Crippen molar-refractivity contribution in [1.29, 1.82) is 0 Å². The third kappa shape index (κ3) is 4.48. The highest BCUT2D eigenvalue weighted by Crippen LogP contribution is 2.31. The van der Waals surface area contributed by atoms with Gasteiger partial charge in [0.1, 0.15) is 17.0 Å². The molecule has 178 valence electrons. The highest BCUT2D eigenvalue weighted by molar-refractivity contribution is 6.03. The number of nitrogens with one attached hydrogen (secondary N) is 2. The first-order valence-corrected chi connectivity index (χ1v) is 11.5. The van der Waals surface area contributed by atoms with E-state index >= 15 is 0 Å². The van der Waals surface area contributed by atoms with E-state index in [1.165, 1.54) is 4.90 Å². The predicted molar refractivity (Wildman–Crippen MR) is 130 cm³/mol. The van der Waals surface area contributed by atoms with Crippen LogP contribution in [0, 0.1) is 0 Å². The number of aromatic nitrogens is 1. The second-order valence-corrected chi connectivity index (χ2v) is 8.67. The number of fused-ring (bicyclic) bond motifs is 3. The van der Waals surface area contributed by atoms with E-state index in [1.54, 1.807) is 14.0 Å². The van der Waals surface area contributed by atoms with Crippen molar-refractivity contribution in [1.82, 2.24) is 20.1 Å². The minimum atomic E-state index is -1.12. The Morgan fingerprint density at radius 3 is 2.56 bits per heavy atom. The van der Waals surface area contributed by atoms with E-state index < -0.39 is 5.54 Å². The maximum atomic E-state index is 13.1. The van der Waals surface area contributed by atoms with Gasteiger partial charge in [-0.3, -0.25) is 14.4 Å². The number of carbonyl (C=O) groups excluding carboxylic acids is 3. The molecule has 3 aromatic rings. The second kappa shape index (κ2) is 9.59. The normalized spacial score (nSPS) is 17.4. The minimum Gasteiger partial charge on any atom is -0.494 e. The number of rotatable bonds is 8. The summed E-state index contributed by atoms with van der Waals surface area (Å²) in [4.78, 5) is 39.9. The molecule has 8 nitrogen and oxygen atoms in total. The van der Waals surface area contributed by atoms with E-state index in [1.807, 2.05) is 66.1 Å². The van der Waals surface area contributed by atoms with Gasteiger partial charge in [-0.2, -0.15) is 0 Å². The summed E-state index contributed by atoms with van der Waals surface area (Å²) in [5.74, 6) is -0.0502. The van der Waals surface area contributed by atoms with E-state index in [0.29, 0.717) is 31.8 Å². The van der Waals surface area contributed by atoms with Crippen LogP contribution < -0.4 is 15.4 Å². The molecule has 0 saturated heterocycles. The molecular weight excluding hydrogens is 432 g/mol. The SMILES string of the molecule is CCOc1ccc(CCNC(=O)CNC(=O)[C@@]2(C)Cn3c(cc4ccccc43)C(=O)N2C)cc1. The molecule has 0 bridgehead atoms. The lowest BCUT2D eigenvalue weighted by molar-refractivity contribution is -0.134. The Labute approximate surface area is 198 Å². The average Bonchev–Trinajstić information content (AvgIpc) is 3.21. The molecule has 3 amide bonds. The summed E-state index contributed by atoms with van der Waals surface area (Å²) in [6, 6.07) is 17.3. The summed E-state index contributed by atoms with van der Waals surface area (Å²) in [7, 11) is 1.62. The first kappa shape index (κ1) is 23.4. The average molecular weight is 463 g/mol. The van der Waals surface area contributed by atoms with Gasteiger partial charge in [-0.25, -0.2) is 0 Å². The van der Waals surface area contributed by atoms with Crippen molar-refractivity contribution in [3.63, 3.8) is 0 Å². The van der Waals surface area contributed by atoms with Crippen LogP contribution in [-0.4, -0.2) is 59.5 Å². The highest BCUT2D eigenvalue weighted by Gasteiger charge is 2.45. The molecule has 2 aromatic carbocycles. The standard InChI is InChI=1S/C26H30N4O4/c1-4-34-20-11-9-18(10-12-20)13-14-27-23(31)16-28-25(33)26(2)17-30-21-8-6-5-7-19(21)15-22(30)24(32)29(26)3/h5-12,15H,4,13-14,16-17H2,1-3H3,(H,27,31)(H,28,33)/t26-/m1/s1. The number of likely N-dealkylation sites (N-methyl/N-ethyl adjacent to an activating group) is 1. The van der Waals surface area contributed by atoms with E-state index in [0.717, 1.165) is 22.2 Å². The number of para-hydroxylation sites is 1. The van der Waals surface area contributed by atoms with Crippen molar-refractivity contribution in [3.8, 4) is 5.75 Å². The van der Waals surface area contributed by atoms with Gasteiger partial charge in [-0.15, -0.1) is 0 Å². The Morgan fingerprint density at radius 2 is 1.82 bits per heavy atom. The molecule has 8 heteroatoms. The van der Waals surface area contributed by atoms with Gasteiger partial charge in [0.25, 0.3) is 5.91 Å². The molecule has 1 atom stereocenters. The molecule has 34 heavy (non-hydrogen) atoms. The first-order chi connectivity index (χ1) is 16.3. The third-order valence-corrected chi connectivity index (χ3v) is 6.41. The van der Waals surface area contributed by atoms with Crippen LogP contribution >= 0.6 is 0 Å². The fraction of sp³-hybridized carbons (Fsp3) is 0.346. The van der Waals surface area contributed by atoms with Crippen LogP contribution in [0.2, 0.25) is 0 Å². The van der Waals surface area contributed by atoms with Gasteiger partial charge in [0.15, 0.2) is 0 Å². The fourth-order valence-electron chi connectivity index (χ4n) is 4.27.